The molecule has 0 saturated heterocycles. The van der Waals surface area contributed by atoms with Crippen LogP contribution < -0.4 is 0 Å². The molecule has 2 rings (SSSR count). The molecule has 0 unspecified atom stereocenters. The predicted molar refractivity (Wildman–Crippen MR) is 90.0 cm³/mol. The van der Waals surface area contributed by atoms with Gasteiger partial charge in [0.1, 0.15) is 0 Å². The fourth-order valence-electron chi connectivity index (χ4n) is 3.56. The second kappa shape index (κ2) is 9.04. The molecule has 2 aliphatic carbocycles. The van der Waals surface area contributed by atoms with E-state index in [4.69, 9.17) is 0 Å². The van der Waals surface area contributed by atoms with Gasteiger partial charge in [-0.3, -0.25) is 0 Å². The Labute approximate surface area is 128 Å². The minimum absolute atomic E-state index is 0.826. The van der Waals surface area contributed by atoms with E-state index in [0.717, 1.165) is 12.0 Å². The van der Waals surface area contributed by atoms with Crippen molar-refractivity contribution in [3.05, 3.63) is 0 Å². The molecule has 0 amide bonds. The monoisotopic (exact) mass is 283 g/mol. The first-order valence-corrected chi connectivity index (χ1v) is 8.91. The number of rotatable bonds is 5. The number of quaternary nitrogens is 1. The van der Waals surface area contributed by atoms with Gasteiger partial charge in [-0.25, -0.2) is 0 Å². The third-order valence-corrected chi connectivity index (χ3v) is 5.56. The SMILES string of the molecule is C1CCCC1.C[C@H](C1CCCC1)[N+](C)(C)CCN(C)C. The summed E-state index contributed by atoms with van der Waals surface area (Å²) in [5.41, 5.74) is 0. The molecule has 0 aromatic rings. The second-order valence-electron chi connectivity index (χ2n) is 7.86. The van der Waals surface area contributed by atoms with Gasteiger partial charge in [-0.1, -0.05) is 44.9 Å². The van der Waals surface area contributed by atoms with Crippen molar-refractivity contribution in [3.63, 3.8) is 0 Å². The molecule has 0 radical (unpaired) electrons. The molecule has 0 aromatic carbocycles. The molecule has 20 heavy (non-hydrogen) atoms. The molecular formula is C18H39N2+. The van der Waals surface area contributed by atoms with Crippen molar-refractivity contribution in [2.24, 2.45) is 5.92 Å². The molecule has 2 nitrogen and oxygen atoms in total. The van der Waals surface area contributed by atoms with Crippen LogP contribution in [0.15, 0.2) is 0 Å². The number of nitrogens with zero attached hydrogens (tertiary/aromatic N) is 2. The van der Waals surface area contributed by atoms with Crippen LogP contribution in [0.5, 0.6) is 0 Å². The highest BCUT2D eigenvalue weighted by Crippen LogP contribution is 2.31. The van der Waals surface area contributed by atoms with E-state index in [9.17, 15) is 0 Å². The maximum atomic E-state index is 2.45. The largest absolute Gasteiger partial charge is 0.325 e. The normalized spacial score (nSPS) is 21.9. The molecule has 2 heteroatoms. The lowest BCUT2D eigenvalue weighted by Crippen LogP contribution is -2.53. The fraction of sp³-hybridized carbons (Fsp3) is 1.00. The summed E-state index contributed by atoms with van der Waals surface area (Å²) in [6, 6.07) is 0.826. The zero-order chi connectivity index (χ0) is 15.0. The van der Waals surface area contributed by atoms with E-state index in [2.05, 4.69) is 40.0 Å². The summed E-state index contributed by atoms with van der Waals surface area (Å²) in [5, 5.41) is 0. The number of hydrogen-bond acceptors (Lipinski definition) is 1. The van der Waals surface area contributed by atoms with Gasteiger partial charge in [0.2, 0.25) is 0 Å². The quantitative estimate of drug-likeness (QED) is 0.685. The summed E-state index contributed by atoms with van der Waals surface area (Å²) < 4.78 is 1.18. The maximum absolute atomic E-state index is 2.45. The summed E-state index contributed by atoms with van der Waals surface area (Å²) >= 11 is 0. The smallest absolute Gasteiger partial charge is 0.0913 e. The lowest BCUT2D eigenvalue weighted by Gasteiger charge is -2.40. The van der Waals surface area contributed by atoms with Crippen LogP contribution >= 0.6 is 0 Å². The minimum Gasteiger partial charge on any atom is -0.325 e. The van der Waals surface area contributed by atoms with Crippen LogP contribution in [0, 0.1) is 5.92 Å². The summed E-state index contributed by atoms with van der Waals surface area (Å²) in [5.74, 6) is 0.974. The Hall–Kier alpha value is -0.0800. The molecule has 2 saturated carbocycles. The molecule has 0 heterocycles. The summed E-state index contributed by atoms with van der Waals surface area (Å²) in [6.07, 6.45) is 13.3. The molecule has 0 bridgehead atoms. The zero-order valence-corrected chi connectivity index (χ0v) is 14.8. The molecule has 2 aliphatic rings. The maximum Gasteiger partial charge on any atom is 0.0913 e. The van der Waals surface area contributed by atoms with E-state index in [-0.39, 0.29) is 0 Å². The van der Waals surface area contributed by atoms with Gasteiger partial charge in [-0.15, -0.1) is 0 Å². The Bertz CT molecular complexity index is 230. The number of hydrogen-bond donors (Lipinski definition) is 0. The van der Waals surface area contributed by atoms with Crippen LogP contribution in [0.4, 0.5) is 0 Å². The van der Waals surface area contributed by atoms with Gasteiger partial charge in [0, 0.05) is 12.5 Å². The average Bonchev–Trinajstić information content (AvgIpc) is 3.10. The molecule has 0 aliphatic heterocycles. The molecule has 1 atom stereocenters. The van der Waals surface area contributed by atoms with Crippen LogP contribution in [-0.2, 0) is 0 Å². The summed E-state index contributed by atoms with van der Waals surface area (Å²) in [6.45, 7) is 4.92. The van der Waals surface area contributed by atoms with E-state index in [1.54, 1.807) is 0 Å². The van der Waals surface area contributed by atoms with Crippen molar-refractivity contribution < 1.29 is 4.48 Å². The van der Waals surface area contributed by atoms with E-state index in [0.29, 0.717) is 0 Å². The molecule has 120 valence electrons. The van der Waals surface area contributed by atoms with E-state index in [1.807, 2.05) is 0 Å². The molecule has 2 fully saturated rings. The first-order chi connectivity index (χ1) is 9.43. The zero-order valence-electron chi connectivity index (χ0n) is 14.8. The van der Waals surface area contributed by atoms with Gasteiger partial charge < -0.3 is 9.38 Å². The standard InChI is InChI=1S/C13H29N2.C5H10/c1-12(13-8-6-7-9-13)15(4,5)11-10-14(2)3;1-2-4-5-3-1/h12-13H,6-11H2,1-5H3;1-5H2/q+1;/t12-;/m1./s1. The van der Waals surface area contributed by atoms with Crippen LogP contribution in [0.25, 0.3) is 0 Å². The van der Waals surface area contributed by atoms with Gasteiger partial charge >= 0.3 is 0 Å². The van der Waals surface area contributed by atoms with Crippen molar-refractivity contribution in [3.8, 4) is 0 Å². The molecular weight excluding hydrogens is 244 g/mol. The van der Waals surface area contributed by atoms with Gasteiger partial charge in [0.15, 0.2) is 0 Å². The van der Waals surface area contributed by atoms with Gasteiger partial charge in [0.05, 0.1) is 26.7 Å². The molecule has 0 N–H and O–H groups in total. The molecule has 0 aromatic heterocycles. The first-order valence-electron chi connectivity index (χ1n) is 8.91. The van der Waals surface area contributed by atoms with Gasteiger partial charge in [-0.2, -0.15) is 0 Å². The Morgan fingerprint density at radius 3 is 1.75 bits per heavy atom. The average molecular weight is 284 g/mol. The van der Waals surface area contributed by atoms with Gasteiger partial charge in [-0.05, 0) is 33.9 Å². The van der Waals surface area contributed by atoms with Crippen molar-refractivity contribution in [2.75, 3.05) is 41.3 Å². The van der Waals surface area contributed by atoms with E-state index in [1.165, 1.54) is 75.4 Å². The van der Waals surface area contributed by atoms with Crippen molar-refractivity contribution >= 4 is 0 Å². The van der Waals surface area contributed by atoms with Crippen molar-refractivity contribution in [2.45, 2.75) is 70.8 Å². The minimum atomic E-state index is 0.826. The van der Waals surface area contributed by atoms with Crippen LogP contribution in [0.2, 0.25) is 0 Å². The van der Waals surface area contributed by atoms with Crippen LogP contribution in [0.3, 0.4) is 0 Å². The fourth-order valence-corrected chi connectivity index (χ4v) is 3.56. The third kappa shape index (κ3) is 6.58. The van der Waals surface area contributed by atoms with Crippen LogP contribution in [0.1, 0.15) is 64.7 Å². The lowest BCUT2D eigenvalue weighted by molar-refractivity contribution is -0.916. The predicted octanol–water partition coefficient (Wildman–Crippen LogP) is 4.15. The molecule has 0 spiro atoms. The Morgan fingerprint density at radius 2 is 1.35 bits per heavy atom. The Morgan fingerprint density at radius 1 is 0.900 bits per heavy atom. The Kier molecular flexibility index (Phi) is 8.13. The highest BCUT2D eigenvalue weighted by molar-refractivity contribution is 4.73. The summed E-state index contributed by atoms with van der Waals surface area (Å²) in [4.78, 5) is 2.29. The Balaban J connectivity index is 0.000000333. The highest BCUT2D eigenvalue weighted by atomic mass is 15.3. The summed E-state index contributed by atoms with van der Waals surface area (Å²) in [7, 11) is 9.12. The van der Waals surface area contributed by atoms with Crippen LogP contribution in [-0.4, -0.2) is 56.7 Å². The van der Waals surface area contributed by atoms with E-state index >= 15 is 0 Å². The number of likely N-dealkylation sites (N-methyl/N-ethyl adjacent to an activating group) is 2. The van der Waals surface area contributed by atoms with Crippen molar-refractivity contribution in [1.82, 2.24) is 4.90 Å². The van der Waals surface area contributed by atoms with Gasteiger partial charge in [0.25, 0.3) is 0 Å². The highest BCUT2D eigenvalue weighted by Gasteiger charge is 2.33. The van der Waals surface area contributed by atoms with Crippen molar-refractivity contribution in [1.29, 1.82) is 0 Å². The lowest BCUT2D eigenvalue weighted by atomic mass is 9.97. The second-order valence-corrected chi connectivity index (χ2v) is 7.86. The topological polar surface area (TPSA) is 3.24 Å². The first kappa shape index (κ1) is 18.0. The third-order valence-electron chi connectivity index (χ3n) is 5.56. The van der Waals surface area contributed by atoms with E-state index < -0.39 is 0 Å².